The molecule has 1 fully saturated rings. The van der Waals surface area contributed by atoms with E-state index in [-0.39, 0.29) is 17.8 Å². The normalized spacial score (nSPS) is 25.8. The number of nitrogens with zero attached hydrogens (tertiary/aromatic N) is 4. The van der Waals surface area contributed by atoms with Gasteiger partial charge in [-0.3, -0.25) is 9.69 Å². The van der Waals surface area contributed by atoms with Gasteiger partial charge in [0.1, 0.15) is 18.4 Å². The fourth-order valence-corrected chi connectivity index (χ4v) is 4.91. The van der Waals surface area contributed by atoms with Crippen molar-refractivity contribution in [2.45, 2.75) is 26.9 Å². The van der Waals surface area contributed by atoms with Crippen LogP contribution in [0.25, 0.3) is 0 Å². The van der Waals surface area contributed by atoms with E-state index in [1.54, 1.807) is 18.1 Å². The lowest BCUT2D eigenvalue weighted by Gasteiger charge is -2.32. The lowest BCUT2D eigenvalue weighted by atomic mass is 9.72. The van der Waals surface area contributed by atoms with Crippen LogP contribution in [0.5, 0.6) is 5.75 Å². The second-order valence-electron chi connectivity index (χ2n) is 8.28. The molecule has 1 aliphatic carbocycles. The molecule has 0 unspecified atom stereocenters. The lowest BCUT2D eigenvalue weighted by molar-refractivity contribution is -0.152. The third-order valence-corrected chi connectivity index (χ3v) is 6.29. The van der Waals surface area contributed by atoms with Crippen LogP contribution >= 0.6 is 0 Å². The highest BCUT2D eigenvalue weighted by Crippen LogP contribution is 2.40. The number of allylic oxidation sites excluding steroid dienone is 1. The van der Waals surface area contributed by atoms with Crippen molar-refractivity contribution in [1.82, 2.24) is 19.7 Å². The van der Waals surface area contributed by atoms with E-state index >= 15 is 0 Å². The van der Waals surface area contributed by atoms with E-state index in [0.717, 1.165) is 30.9 Å². The summed E-state index contributed by atoms with van der Waals surface area (Å²) < 4.78 is 12.7. The van der Waals surface area contributed by atoms with Crippen molar-refractivity contribution in [3.05, 3.63) is 54.1 Å². The minimum absolute atomic E-state index is 0.0502. The zero-order valence-electron chi connectivity index (χ0n) is 17.9. The zero-order valence-corrected chi connectivity index (χ0v) is 17.9. The SMILES string of the molecule is CCOC(=O)[C@H]1[C@@H]2CN(Cc3ccc(OC)c(Cn4cncn4)c3)C[C@@H]2C=C[C@@H]1C. The number of benzene rings is 1. The van der Waals surface area contributed by atoms with Gasteiger partial charge in [-0.2, -0.15) is 5.10 Å². The predicted octanol–water partition coefficient (Wildman–Crippen LogP) is 2.77. The molecule has 4 rings (SSSR count). The van der Waals surface area contributed by atoms with E-state index in [0.29, 0.717) is 25.0 Å². The highest BCUT2D eigenvalue weighted by Gasteiger charge is 2.44. The number of rotatable bonds is 7. The molecule has 4 atom stereocenters. The van der Waals surface area contributed by atoms with Gasteiger partial charge in [0.2, 0.25) is 0 Å². The number of carbonyl (C=O) groups excluding carboxylic acids is 1. The number of carbonyl (C=O) groups is 1. The van der Waals surface area contributed by atoms with Crippen LogP contribution in [0.1, 0.15) is 25.0 Å². The summed E-state index contributed by atoms with van der Waals surface area (Å²) in [6.07, 6.45) is 7.74. The Morgan fingerprint density at radius 3 is 2.83 bits per heavy atom. The number of ether oxygens (including phenoxy) is 2. The van der Waals surface area contributed by atoms with Crippen molar-refractivity contribution in [2.75, 3.05) is 26.8 Å². The van der Waals surface area contributed by atoms with E-state index in [1.807, 2.05) is 13.0 Å². The zero-order chi connectivity index (χ0) is 21.1. The van der Waals surface area contributed by atoms with E-state index in [9.17, 15) is 4.79 Å². The Morgan fingerprint density at radius 1 is 1.23 bits per heavy atom. The van der Waals surface area contributed by atoms with Crippen LogP contribution < -0.4 is 4.74 Å². The summed E-state index contributed by atoms with van der Waals surface area (Å²) in [5, 5.41) is 4.20. The molecule has 2 heterocycles. The third kappa shape index (κ3) is 4.26. The van der Waals surface area contributed by atoms with Crippen LogP contribution in [0.2, 0.25) is 0 Å². The van der Waals surface area contributed by atoms with Crippen LogP contribution in [0.4, 0.5) is 0 Å². The maximum absolute atomic E-state index is 12.6. The summed E-state index contributed by atoms with van der Waals surface area (Å²) in [5.41, 5.74) is 2.31. The van der Waals surface area contributed by atoms with Gasteiger partial charge in [-0.05, 0) is 42.4 Å². The number of fused-ring (bicyclic) bond motifs is 1. The van der Waals surface area contributed by atoms with Gasteiger partial charge in [0.15, 0.2) is 0 Å². The van der Waals surface area contributed by atoms with E-state index in [1.165, 1.54) is 11.9 Å². The van der Waals surface area contributed by atoms with E-state index in [4.69, 9.17) is 9.47 Å². The minimum atomic E-state index is -0.0521. The Bertz CT molecular complexity index is 896. The molecular weight excluding hydrogens is 380 g/mol. The molecule has 0 saturated carbocycles. The molecule has 0 spiro atoms. The molecule has 2 aliphatic rings. The first-order valence-electron chi connectivity index (χ1n) is 10.6. The Hall–Kier alpha value is -2.67. The van der Waals surface area contributed by atoms with Gasteiger partial charge in [0, 0.05) is 25.2 Å². The van der Waals surface area contributed by atoms with Gasteiger partial charge in [0.25, 0.3) is 0 Å². The quantitative estimate of drug-likeness (QED) is 0.516. The fourth-order valence-electron chi connectivity index (χ4n) is 4.91. The first-order chi connectivity index (χ1) is 14.6. The fraction of sp³-hybridized carbons (Fsp3) is 0.522. The van der Waals surface area contributed by atoms with Crippen molar-refractivity contribution in [2.24, 2.45) is 23.7 Å². The maximum Gasteiger partial charge on any atom is 0.309 e. The topological polar surface area (TPSA) is 69.5 Å². The van der Waals surface area contributed by atoms with Crippen molar-refractivity contribution < 1.29 is 14.3 Å². The Labute approximate surface area is 177 Å². The van der Waals surface area contributed by atoms with Gasteiger partial charge < -0.3 is 9.47 Å². The van der Waals surface area contributed by atoms with Crippen molar-refractivity contribution in [1.29, 1.82) is 0 Å². The standard InChI is InChI=1S/C23H30N4O3/c1-4-30-23(28)22-16(2)5-7-18-11-26(13-20(18)22)10-17-6-8-21(29-3)19(9-17)12-27-15-24-14-25-27/h5-9,14-16,18,20,22H,4,10-13H2,1-3H3/t16-,18-,20+,22+/m0/s1. The van der Waals surface area contributed by atoms with E-state index < -0.39 is 0 Å². The van der Waals surface area contributed by atoms with Crippen LogP contribution in [0.3, 0.4) is 0 Å². The van der Waals surface area contributed by atoms with Gasteiger partial charge in [0.05, 0.1) is 26.2 Å². The first-order valence-corrected chi connectivity index (χ1v) is 10.6. The molecule has 1 saturated heterocycles. The lowest BCUT2D eigenvalue weighted by Crippen LogP contribution is -2.37. The monoisotopic (exact) mass is 410 g/mol. The molecule has 1 aromatic carbocycles. The third-order valence-electron chi connectivity index (χ3n) is 6.29. The molecule has 160 valence electrons. The largest absolute Gasteiger partial charge is 0.496 e. The average molecular weight is 411 g/mol. The van der Waals surface area contributed by atoms with Crippen LogP contribution in [-0.2, 0) is 22.6 Å². The molecular formula is C23H30N4O3. The van der Waals surface area contributed by atoms with Gasteiger partial charge in [-0.15, -0.1) is 0 Å². The molecule has 0 amide bonds. The van der Waals surface area contributed by atoms with Crippen molar-refractivity contribution in [3.8, 4) is 5.75 Å². The molecule has 7 nitrogen and oxygen atoms in total. The molecule has 0 radical (unpaired) electrons. The number of methoxy groups -OCH3 is 1. The van der Waals surface area contributed by atoms with Gasteiger partial charge in [-0.25, -0.2) is 9.67 Å². The predicted molar refractivity (Wildman–Crippen MR) is 113 cm³/mol. The van der Waals surface area contributed by atoms with Crippen molar-refractivity contribution >= 4 is 5.97 Å². The number of aromatic nitrogens is 3. The second-order valence-corrected chi connectivity index (χ2v) is 8.28. The van der Waals surface area contributed by atoms with Crippen LogP contribution in [0, 0.1) is 23.7 Å². The second kappa shape index (κ2) is 9.00. The molecule has 1 aromatic heterocycles. The van der Waals surface area contributed by atoms with Crippen molar-refractivity contribution in [3.63, 3.8) is 0 Å². The molecule has 2 aromatic rings. The number of hydrogen-bond donors (Lipinski definition) is 0. The number of esters is 1. The molecule has 1 aliphatic heterocycles. The van der Waals surface area contributed by atoms with Gasteiger partial charge >= 0.3 is 5.97 Å². The smallest absolute Gasteiger partial charge is 0.309 e. The summed E-state index contributed by atoms with van der Waals surface area (Å²) in [6.45, 7) is 7.78. The molecule has 0 N–H and O–H groups in total. The average Bonchev–Trinajstić information content (AvgIpc) is 3.37. The maximum atomic E-state index is 12.6. The first kappa shape index (κ1) is 20.6. The summed E-state index contributed by atoms with van der Waals surface area (Å²) >= 11 is 0. The summed E-state index contributed by atoms with van der Waals surface area (Å²) in [6, 6.07) is 6.32. The molecule has 30 heavy (non-hydrogen) atoms. The van der Waals surface area contributed by atoms with Crippen LogP contribution in [-0.4, -0.2) is 52.4 Å². The minimum Gasteiger partial charge on any atom is -0.496 e. The van der Waals surface area contributed by atoms with E-state index in [2.05, 4.69) is 46.2 Å². The Morgan fingerprint density at radius 2 is 2.10 bits per heavy atom. The summed E-state index contributed by atoms with van der Waals surface area (Å²) in [4.78, 5) is 19.1. The number of hydrogen-bond acceptors (Lipinski definition) is 6. The summed E-state index contributed by atoms with van der Waals surface area (Å²) in [5.74, 6) is 1.69. The highest BCUT2D eigenvalue weighted by atomic mass is 16.5. The molecule has 0 bridgehead atoms. The van der Waals surface area contributed by atoms with Crippen LogP contribution in [0.15, 0.2) is 43.0 Å². The number of likely N-dealkylation sites (tertiary alicyclic amines) is 1. The van der Waals surface area contributed by atoms with Gasteiger partial charge in [-0.1, -0.05) is 25.1 Å². The molecule has 7 heteroatoms. The summed E-state index contributed by atoms with van der Waals surface area (Å²) in [7, 11) is 1.69. The Kier molecular flexibility index (Phi) is 6.18. The Balaban J connectivity index is 1.48. The highest BCUT2D eigenvalue weighted by molar-refractivity contribution is 5.74.